The maximum Gasteiger partial charge on any atom is 0.408 e. The highest BCUT2D eigenvalue weighted by Gasteiger charge is 2.25. The molecular formula is C20H25NO7. The van der Waals surface area contributed by atoms with E-state index in [2.05, 4.69) is 5.32 Å². The monoisotopic (exact) mass is 391 g/mol. The van der Waals surface area contributed by atoms with Gasteiger partial charge in [-0.3, -0.25) is 0 Å². The average Bonchev–Trinajstić information content (AvgIpc) is 3.05. The van der Waals surface area contributed by atoms with Crippen LogP contribution in [-0.4, -0.2) is 35.9 Å². The molecule has 0 fully saturated rings. The van der Waals surface area contributed by atoms with Crippen LogP contribution in [0.5, 0.6) is 11.5 Å². The zero-order valence-electron chi connectivity index (χ0n) is 16.4. The first-order valence-electron chi connectivity index (χ1n) is 8.73. The van der Waals surface area contributed by atoms with Crippen molar-refractivity contribution >= 4 is 12.1 Å². The van der Waals surface area contributed by atoms with E-state index in [9.17, 15) is 14.7 Å². The molecule has 2 aromatic rings. The molecule has 0 saturated carbocycles. The fourth-order valence-electron chi connectivity index (χ4n) is 2.35. The Labute approximate surface area is 163 Å². The van der Waals surface area contributed by atoms with Crippen molar-refractivity contribution in [2.24, 2.45) is 0 Å². The number of carbonyl (C=O) groups is 2. The van der Waals surface area contributed by atoms with Gasteiger partial charge in [-0.25, -0.2) is 9.59 Å². The molecule has 8 heteroatoms. The molecule has 1 amide bonds. The zero-order valence-corrected chi connectivity index (χ0v) is 16.4. The van der Waals surface area contributed by atoms with Crippen molar-refractivity contribution in [2.45, 2.75) is 45.4 Å². The lowest BCUT2D eigenvalue weighted by Gasteiger charge is -2.21. The van der Waals surface area contributed by atoms with Crippen LogP contribution in [0.15, 0.2) is 40.8 Å². The molecule has 1 aromatic carbocycles. The van der Waals surface area contributed by atoms with Crippen LogP contribution in [0.4, 0.5) is 4.79 Å². The topological polar surface area (TPSA) is 107 Å². The predicted molar refractivity (Wildman–Crippen MR) is 101 cm³/mol. The second-order valence-corrected chi connectivity index (χ2v) is 7.05. The molecular weight excluding hydrogens is 366 g/mol. The number of ether oxygens (including phenoxy) is 3. The van der Waals surface area contributed by atoms with Crippen molar-refractivity contribution in [3.8, 4) is 11.5 Å². The number of furan rings is 1. The standard InChI is InChI=1S/C20H25NO7/c1-20(2,3)28-19(24)21-15(18(22)23)11-13-9-10-14(27-13)12-26-17-8-6-5-7-16(17)25-4/h5-10,15H,11-12H2,1-4H3,(H,21,24)(H,22,23). The first-order valence-corrected chi connectivity index (χ1v) is 8.73. The van der Waals surface area contributed by atoms with Gasteiger partial charge in [0, 0.05) is 6.42 Å². The smallest absolute Gasteiger partial charge is 0.408 e. The lowest BCUT2D eigenvalue weighted by atomic mass is 10.1. The molecule has 1 heterocycles. The van der Waals surface area contributed by atoms with Gasteiger partial charge in [-0.1, -0.05) is 12.1 Å². The van der Waals surface area contributed by atoms with Crippen LogP contribution in [0.25, 0.3) is 0 Å². The number of methoxy groups -OCH3 is 1. The Balaban J connectivity index is 1.95. The number of aliphatic carboxylic acids is 1. The Kier molecular flexibility index (Phi) is 6.92. The molecule has 28 heavy (non-hydrogen) atoms. The fraction of sp³-hybridized carbons (Fsp3) is 0.400. The van der Waals surface area contributed by atoms with Crippen molar-refractivity contribution in [3.05, 3.63) is 47.9 Å². The molecule has 2 N–H and O–H groups in total. The van der Waals surface area contributed by atoms with Crippen LogP contribution in [0.2, 0.25) is 0 Å². The van der Waals surface area contributed by atoms with Crippen LogP contribution in [0.3, 0.4) is 0 Å². The summed E-state index contributed by atoms with van der Waals surface area (Å²) in [5, 5.41) is 11.7. The van der Waals surface area contributed by atoms with Crippen molar-refractivity contribution in [1.82, 2.24) is 5.32 Å². The molecule has 0 radical (unpaired) electrons. The van der Waals surface area contributed by atoms with Gasteiger partial charge in [0.05, 0.1) is 7.11 Å². The summed E-state index contributed by atoms with van der Waals surface area (Å²) in [4.78, 5) is 23.3. The number of hydrogen-bond acceptors (Lipinski definition) is 6. The normalized spacial score (nSPS) is 12.1. The van der Waals surface area contributed by atoms with Gasteiger partial charge in [0.1, 0.15) is 29.8 Å². The first-order chi connectivity index (χ1) is 13.2. The molecule has 0 bridgehead atoms. The molecule has 1 atom stereocenters. The number of alkyl carbamates (subject to hydrolysis) is 1. The molecule has 1 unspecified atom stereocenters. The number of carbonyl (C=O) groups excluding carboxylic acids is 1. The molecule has 0 aliphatic heterocycles. The third kappa shape index (κ3) is 6.53. The van der Waals surface area contributed by atoms with Crippen LogP contribution in [-0.2, 0) is 22.6 Å². The van der Waals surface area contributed by atoms with Crippen LogP contribution >= 0.6 is 0 Å². The van der Waals surface area contributed by atoms with E-state index < -0.39 is 23.7 Å². The van der Waals surface area contributed by atoms with Gasteiger partial charge >= 0.3 is 12.1 Å². The highest BCUT2D eigenvalue weighted by Crippen LogP contribution is 2.27. The number of rotatable bonds is 8. The minimum Gasteiger partial charge on any atom is -0.493 e. The van der Waals surface area contributed by atoms with E-state index in [0.717, 1.165) is 0 Å². The summed E-state index contributed by atoms with van der Waals surface area (Å²) in [6.45, 7) is 5.24. The fourth-order valence-corrected chi connectivity index (χ4v) is 2.35. The minimum absolute atomic E-state index is 0.0246. The molecule has 2 rings (SSSR count). The van der Waals surface area contributed by atoms with Gasteiger partial charge in [0.2, 0.25) is 0 Å². The quantitative estimate of drug-likeness (QED) is 0.710. The third-order valence-electron chi connectivity index (χ3n) is 3.55. The molecule has 1 aromatic heterocycles. The van der Waals surface area contributed by atoms with Crippen LogP contribution < -0.4 is 14.8 Å². The van der Waals surface area contributed by atoms with E-state index in [1.807, 2.05) is 12.1 Å². The Morgan fingerprint density at radius 2 is 1.75 bits per heavy atom. The van der Waals surface area contributed by atoms with Gasteiger partial charge in [0.15, 0.2) is 11.5 Å². The second-order valence-electron chi connectivity index (χ2n) is 7.05. The van der Waals surface area contributed by atoms with Crippen molar-refractivity contribution in [2.75, 3.05) is 7.11 Å². The minimum atomic E-state index is -1.19. The Hall–Kier alpha value is -3.16. The lowest BCUT2D eigenvalue weighted by molar-refractivity contribution is -0.139. The van der Waals surface area contributed by atoms with E-state index in [0.29, 0.717) is 23.0 Å². The van der Waals surface area contributed by atoms with Gasteiger partial charge in [-0.2, -0.15) is 0 Å². The number of amides is 1. The van der Waals surface area contributed by atoms with Gasteiger partial charge in [-0.05, 0) is 45.0 Å². The Morgan fingerprint density at radius 1 is 1.11 bits per heavy atom. The van der Waals surface area contributed by atoms with E-state index in [-0.39, 0.29) is 13.0 Å². The summed E-state index contributed by atoms with van der Waals surface area (Å²) in [5.74, 6) is 0.901. The highest BCUT2D eigenvalue weighted by molar-refractivity contribution is 5.80. The Bertz CT molecular complexity index is 807. The summed E-state index contributed by atoms with van der Waals surface area (Å²) in [6, 6.07) is 9.37. The SMILES string of the molecule is COc1ccccc1OCc1ccc(CC(NC(=O)OC(C)(C)C)C(=O)O)o1. The highest BCUT2D eigenvalue weighted by atomic mass is 16.6. The molecule has 8 nitrogen and oxygen atoms in total. The largest absolute Gasteiger partial charge is 0.493 e. The van der Waals surface area contributed by atoms with Gasteiger partial charge < -0.3 is 29.1 Å². The summed E-state index contributed by atoms with van der Waals surface area (Å²) in [5.41, 5.74) is -0.721. The van der Waals surface area contributed by atoms with E-state index in [1.165, 1.54) is 0 Å². The van der Waals surface area contributed by atoms with Crippen LogP contribution in [0.1, 0.15) is 32.3 Å². The predicted octanol–water partition coefficient (Wildman–Crippen LogP) is 3.39. The molecule has 0 spiro atoms. The molecule has 0 saturated heterocycles. The summed E-state index contributed by atoms with van der Waals surface area (Å²) < 4.78 is 21.6. The summed E-state index contributed by atoms with van der Waals surface area (Å²) in [6.07, 6.45) is -0.824. The Morgan fingerprint density at radius 3 is 2.36 bits per heavy atom. The average molecular weight is 391 g/mol. The second kappa shape index (κ2) is 9.16. The zero-order chi connectivity index (χ0) is 20.7. The van der Waals surface area contributed by atoms with E-state index in [4.69, 9.17) is 18.6 Å². The number of carboxylic acid groups (broad SMARTS) is 1. The lowest BCUT2D eigenvalue weighted by Crippen LogP contribution is -2.44. The van der Waals surface area contributed by atoms with Gasteiger partial charge in [-0.15, -0.1) is 0 Å². The maximum absolute atomic E-state index is 11.8. The maximum atomic E-state index is 11.8. The first kappa shape index (κ1) is 21.1. The molecule has 0 aliphatic rings. The number of carboxylic acids is 1. The third-order valence-corrected chi connectivity index (χ3v) is 3.55. The number of nitrogens with one attached hydrogen (secondary N) is 1. The van der Waals surface area contributed by atoms with Crippen LogP contribution in [0, 0.1) is 0 Å². The summed E-state index contributed by atoms with van der Waals surface area (Å²) >= 11 is 0. The number of para-hydroxylation sites is 2. The van der Waals surface area contributed by atoms with Crippen molar-refractivity contribution < 1.29 is 33.3 Å². The number of benzene rings is 1. The van der Waals surface area contributed by atoms with E-state index in [1.54, 1.807) is 52.1 Å². The summed E-state index contributed by atoms with van der Waals surface area (Å²) in [7, 11) is 1.55. The van der Waals surface area contributed by atoms with E-state index >= 15 is 0 Å². The molecule has 152 valence electrons. The van der Waals surface area contributed by atoms with Crippen molar-refractivity contribution in [1.29, 1.82) is 0 Å². The molecule has 0 aliphatic carbocycles. The number of hydrogen-bond donors (Lipinski definition) is 2. The van der Waals surface area contributed by atoms with Gasteiger partial charge in [0.25, 0.3) is 0 Å². The van der Waals surface area contributed by atoms with Crippen molar-refractivity contribution in [3.63, 3.8) is 0 Å².